The largest absolute Gasteiger partial charge is 0.424 e. The number of urea groups is 1. The molecule has 1 fully saturated rings. The Labute approximate surface area is 170 Å². The van der Waals surface area contributed by atoms with E-state index in [9.17, 15) is 9.59 Å². The topological polar surface area (TPSA) is 107 Å². The average Bonchev–Trinajstić information content (AvgIpc) is 2.97. The summed E-state index contributed by atoms with van der Waals surface area (Å²) < 4.78 is 5.79. The van der Waals surface area contributed by atoms with Crippen molar-refractivity contribution in [2.45, 2.75) is 52.5 Å². The zero-order valence-electron chi connectivity index (χ0n) is 17.3. The third-order valence-electron chi connectivity index (χ3n) is 4.40. The predicted octanol–water partition coefficient (Wildman–Crippen LogP) is 3.48. The molecule has 3 amide bonds. The van der Waals surface area contributed by atoms with Crippen LogP contribution in [0.15, 0.2) is 40.1 Å². The number of carbonyl (C=O) groups excluding carboxylic acids is 2. The number of hydrogen-bond donors (Lipinski definition) is 1. The second-order valence-electron chi connectivity index (χ2n) is 7.60. The fourth-order valence-corrected chi connectivity index (χ4v) is 2.82. The maximum atomic E-state index is 12.3. The van der Waals surface area contributed by atoms with Gasteiger partial charge in [-0.05, 0) is 43.7 Å². The van der Waals surface area contributed by atoms with Crippen LogP contribution in [0.5, 0.6) is 5.75 Å². The number of amidine groups is 1. The fraction of sp³-hybridized carbons (Fsp3) is 0.381. The van der Waals surface area contributed by atoms with Crippen LogP contribution in [0.25, 0.3) is 0 Å². The normalized spacial score (nSPS) is 17.8. The number of nitriles is 1. The molecule has 1 saturated heterocycles. The van der Waals surface area contributed by atoms with Crippen LogP contribution in [0.1, 0.15) is 52.2 Å². The molecule has 1 aliphatic heterocycles. The van der Waals surface area contributed by atoms with Gasteiger partial charge in [0, 0.05) is 11.3 Å². The van der Waals surface area contributed by atoms with Gasteiger partial charge in [-0.25, -0.2) is 19.7 Å². The molecule has 8 heteroatoms. The molecule has 0 radical (unpaired) electrons. The smallest absolute Gasteiger partial charge is 0.329 e. The Morgan fingerprint density at radius 3 is 2.62 bits per heavy atom. The summed E-state index contributed by atoms with van der Waals surface area (Å²) in [5.74, 6) is 0.173. The molecule has 0 bridgehead atoms. The van der Waals surface area contributed by atoms with Crippen LogP contribution in [0.2, 0.25) is 0 Å². The van der Waals surface area contributed by atoms with E-state index in [1.165, 1.54) is 6.20 Å². The zero-order valence-corrected chi connectivity index (χ0v) is 17.3. The maximum Gasteiger partial charge on any atom is 0.329 e. The van der Waals surface area contributed by atoms with Gasteiger partial charge < -0.3 is 10.1 Å². The van der Waals surface area contributed by atoms with E-state index in [-0.39, 0.29) is 17.3 Å². The van der Waals surface area contributed by atoms with Crippen molar-refractivity contribution in [3.05, 3.63) is 41.2 Å². The molecule has 152 valence electrons. The summed E-state index contributed by atoms with van der Waals surface area (Å²) >= 11 is 0. The summed E-state index contributed by atoms with van der Waals surface area (Å²) in [6.45, 7) is 12.9. The Balaban J connectivity index is 2.31. The summed E-state index contributed by atoms with van der Waals surface area (Å²) in [6.07, 6.45) is 1.84. The molecule has 1 aliphatic rings. The fourth-order valence-electron chi connectivity index (χ4n) is 2.82. The molecule has 0 spiro atoms. The van der Waals surface area contributed by atoms with Crippen molar-refractivity contribution in [2.75, 3.05) is 0 Å². The van der Waals surface area contributed by atoms with Gasteiger partial charge in [0.15, 0.2) is 0 Å². The second-order valence-corrected chi connectivity index (χ2v) is 7.60. The quantitative estimate of drug-likeness (QED) is 0.478. The first-order valence-corrected chi connectivity index (χ1v) is 9.20. The van der Waals surface area contributed by atoms with Crippen LogP contribution in [-0.2, 0) is 10.2 Å². The van der Waals surface area contributed by atoms with E-state index < -0.39 is 12.1 Å². The van der Waals surface area contributed by atoms with E-state index >= 15 is 0 Å². The Morgan fingerprint density at radius 1 is 1.41 bits per heavy atom. The lowest BCUT2D eigenvalue weighted by Crippen LogP contribution is -2.29. The van der Waals surface area contributed by atoms with Gasteiger partial charge in [0.1, 0.15) is 11.8 Å². The molecule has 1 atom stereocenters. The summed E-state index contributed by atoms with van der Waals surface area (Å²) in [5, 5.41) is 11.8. The van der Waals surface area contributed by atoms with Crippen molar-refractivity contribution in [3.63, 3.8) is 0 Å². The standard InChI is InChI=1S/C21H25N5O3/c1-7-16-18(27)26(20(28)25-16)13(2)12-24-19(23-6)29-17-9-8-14(11-22)10-15(17)21(3,4)5/h8-10,12,16H,6-7H2,1-5H3,(H,25,28)/b13-12+,24-19+/t16-/m1/s1. The molecule has 0 saturated carbocycles. The lowest BCUT2D eigenvalue weighted by Gasteiger charge is -2.22. The van der Waals surface area contributed by atoms with E-state index in [1.54, 1.807) is 25.1 Å². The highest BCUT2D eigenvalue weighted by Crippen LogP contribution is 2.32. The molecule has 2 rings (SSSR count). The van der Waals surface area contributed by atoms with Gasteiger partial charge >= 0.3 is 12.1 Å². The molecular formula is C21H25N5O3. The monoisotopic (exact) mass is 395 g/mol. The molecular weight excluding hydrogens is 370 g/mol. The molecule has 29 heavy (non-hydrogen) atoms. The Hall–Kier alpha value is -3.47. The van der Waals surface area contributed by atoms with Crippen molar-refractivity contribution in [1.29, 1.82) is 5.26 Å². The number of ether oxygens (including phenoxy) is 1. The number of rotatable bonds is 4. The van der Waals surface area contributed by atoms with Crippen molar-refractivity contribution in [1.82, 2.24) is 10.2 Å². The number of aliphatic imine (C=N–C) groups is 2. The summed E-state index contributed by atoms with van der Waals surface area (Å²) in [6, 6.07) is 6.14. The highest BCUT2D eigenvalue weighted by Gasteiger charge is 2.37. The number of hydrogen-bond acceptors (Lipinski definition) is 5. The highest BCUT2D eigenvalue weighted by molar-refractivity contribution is 6.05. The van der Waals surface area contributed by atoms with Gasteiger partial charge in [0.05, 0.1) is 17.8 Å². The SMILES string of the molecule is C=N/C(=N\C=C(/C)N1C(=O)N[C@H](CC)C1=O)Oc1ccc(C#N)cc1C(C)(C)C. The first-order valence-electron chi connectivity index (χ1n) is 9.20. The van der Waals surface area contributed by atoms with E-state index in [1.807, 2.05) is 27.7 Å². The van der Waals surface area contributed by atoms with Gasteiger partial charge in [0.2, 0.25) is 0 Å². The van der Waals surface area contributed by atoms with Crippen LogP contribution in [0, 0.1) is 11.3 Å². The van der Waals surface area contributed by atoms with E-state index in [0.717, 1.165) is 10.5 Å². The number of nitrogens with zero attached hydrogens (tertiary/aromatic N) is 4. The van der Waals surface area contributed by atoms with Crippen LogP contribution in [-0.4, -0.2) is 35.6 Å². The molecule has 0 unspecified atom stereocenters. The van der Waals surface area contributed by atoms with Crippen LogP contribution in [0.4, 0.5) is 4.79 Å². The third kappa shape index (κ3) is 4.88. The molecule has 8 nitrogen and oxygen atoms in total. The average molecular weight is 395 g/mol. The minimum absolute atomic E-state index is 0.0429. The minimum atomic E-state index is -0.531. The Morgan fingerprint density at radius 2 is 2.10 bits per heavy atom. The number of nitrogens with one attached hydrogen (secondary N) is 1. The molecule has 0 aromatic heterocycles. The molecule has 1 aromatic rings. The Kier molecular flexibility index (Phi) is 6.54. The summed E-state index contributed by atoms with van der Waals surface area (Å²) in [7, 11) is 0. The van der Waals surface area contributed by atoms with Gasteiger partial charge in [-0.2, -0.15) is 5.26 Å². The van der Waals surface area contributed by atoms with Crippen molar-refractivity contribution in [3.8, 4) is 11.8 Å². The number of imide groups is 1. The van der Waals surface area contributed by atoms with Gasteiger partial charge in [0.25, 0.3) is 5.91 Å². The lowest BCUT2D eigenvalue weighted by molar-refractivity contribution is -0.126. The van der Waals surface area contributed by atoms with Crippen molar-refractivity contribution < 1.29 is 14.3 Å². The Bertz CT molecular complexity index is 935. The van der Waals surface area contributed by atoms with Crippen LogP contribution in [0.3, 0.4) is 0 Å². The predicted molar refractivity (Wildman–Crippen MR) is 111 cm³/mol. The molecule has 0 aliphatic carbocycles. The minimum Gasteiger partial charge on any atom is -0.424 e. The van der Waals surface area contributed by atoms with Crippen molar-refractivity contribution in [2.24, 2.45) is 9.98 Å². The van der Waals surface area contributed by atoms with E-state index in [2.05, 4.69) is 28.1 Å². The van der Waals surface area contributed by atoms with E-state index in [4.69, 9.17) is 10.00 Å². The maximum absolute atomic E-state index is 12.3. The molecule has 1 heterocycles. The van der Waals surface area contributed by atoms with Crippen LogP contribution >= 0.6 is 0 Å². The van der Waals surface area contributed by atoms with Gasteiger partial charge in [-0.1, -0.05) is 27.7 Å². The third-order valence-corrected chi connectivity index (χ3v) is 4.40. The highest BCUT2D eigenvalue weighted by atomic mass is 16.5. The number of carbonyl (C=O) groups is 2. The van der Waals surface area contributed by atoms with Gasteiger partial charge in [-0.15, -0.1) is 0 Å². The van der Waals surface area contributed by atoms with Gasteiger partial charge in [-0.3, -0.25) is 4.79 Å². The molecule has 1 aromatic carbocycles. The summed E-state index contributed by atoms with van der Waals surface area (Å²) in [5.41, 5.74) is 1.39. The lowest BCUT2D eigenvalue weighted by atomic mass is 9.85. The number of benzene rings is 1. The van der Waals surface area contributed by atoms with E-state index in [0.29, 0.717) is 23.4 Å². The zero-order chi connectivity index (χ0) is 21.8. The first-order chi connectivity index (χ1) is 13.6. The number of amides is 3. The van der Waals surface area contributed by atoms with Crippen LogP contribution < -0.4 is 10.1 Å². The number of allylic oxidation sites excluding steroid dienone is 1. The van der Waals surface area contributed by atoms with Crippen molar-refractivity contribution >= 4 is 24.7 Å². The summed E-state index contributed by atoms with van der Waals surface area (Å²) in [4.78, 5) is 33.3. The molecule has 1 N–H and O–H groups in total. The second kappa shape index (κ2) is 8.69. The first kappa shape index (κ1) is 21.8.